The van der Waals surface area contributed by atoms with Crippen molar-refractivity contribution in [1.82, 2.24) is 9.88 Å². The molecule has 1 amide bonds. The Balaban J connectivity index is 2.02. The number of carbonyl (C=O) groups excluding carboxylic acids is 1. The van der Waals surface area contributed by atoms with Gasteiger partial charge < -0.3 is 14.6 Å². The largest absolute Gasteiger partial charge is 0.383 e. The van der Waals surface area contributed by atoms with Gasteiger partial charge in [0.25, 0.3) is 5.91 Å². The van der Waals surface area contributed by atoms with Crippen LogP contribution in [0.4, 0.5) is 0 Å². The average Bonchev–Trinajstić information content (AvgIpc) is 2.98. The zero-order valence-corrected chi connectivity index (χ0v) is 16.1. The van der Waals surface area contributed by atoms with Gasteiger partial charge in [-0.1, -0.05) is 48.5 Å². The number of fused-ring (bicyclic) bond motifs is 1. The summed E-state index contributed by atoms with van der Waals surface area (Å²) in [7, 11) is 1.57. The molecule has 3 rings (SSSR count). The van der Waals surface area contributed by atoms with E-state index in [1.807, 2.05) is 49.4 Å². The predicted molar refractivity (Wildman–Crippen MR) is 111 cm³/mol. The van der Waals surface area contributed by atoms with Crippen LogP contribution in [0.25, 0.3) is 17.0 Å². The Bertz CT molecular complexity index is 1040. The van der Waals surface area contributed by atoms with Gasteiger partial charge in [-0.3, -0.25) is 4.79 Å². The molecule has 0 aliphatic heterocycles. The molecule has 0 aliphatic carbocycles. The molecule has 0 unspecified atom stereocenters. The molecule has 1 N–H and O–H groups in total. The van der Waals surface area contributed by atoms with Crippen LogP contribution in [0.3, 0.4) is 0 Å². The second-order valence-electron chi connectivity index (χ2n) is 6.51. The first-order chi connectivity index (χ1) is 13.7. The second kappa shape index (κ2) is 9.03. The van der Waals surface area contributed by atoms with Crippen LogP contribution in [0.2, 0.25) is 0 Å². The van der Waals surface area contributed by atoms with E-state index in [2.05, 4.69) is 28.1 Å². The van der Waals surface area contributed by atoms with Crippen molar-refractivity contribution in [3.63, 3.8) is 0 Å². The van der Waals surface area contributed by atoms with Crippen LogP contribution >= 0.6 is 0 Å². The Labute approximate surface area is 164 Å². The van der Waals surface area contributed by atoms with Crippen LogP contribution in [0, 0.1) is 18.3 Å². The molecule has 0 radical (unpaired) electrons. The molecule has 2 aromatic carbocycles. The number of ether oxygens (including phenoxy) is 1. The van der Waals surface area contributed by atoms with E-state index in [1.54, 1.807) is 13.2 Å². The molecule has 0 atom stereocenters. The van der Waals surface area contributed by atoms with Crippen LogP contribution in [0.5, 0.6) is 0 Å². The van der Waals surface area contributed by atoms with E-state index in [0.717, 1.165) is 28.7 Å². The van der Waals surface area contributed by atoms with Gasteiger partial charge in [-0.25, -0.2) is 0 Å². The summed E-state index contributed by atoms with van der Waals surface area (Å²) in [4.78, 5) is 12.3. The molecule has 0 saturated carbocycles. The average molecular weight is 373 g/mol. The van der Waals surface area contributed by atoms with E-state index in [9.17, 15) is 10.1 Å². The summed E-state index contributed by atoms with van der Waals surface area (Å²) in [5, 5.41) is 13.2. The maximum atomic E-state index is 12.3. The first kappa shape index (κ1) is 19.4. The summed E-state index contributed by atoms with van der Waals surface area (Å²) in [6.45, 7) is 3.51. The van der Waals surface area contributed by atoms with Gasteiger partial charge in [0.1, 0.15) is 11.6 Å². The van der Waals surface area contributed by atoms with Gasteiger partial charge in [-0.05, 0) is 24.6 Å². The number of carbonyl (C=O) groups is 1. The summed E-state index contributed by atoms with van der Waals surface area (Å²) in [5.41, 5.74) is 4.26. The van der Waals surface area contributed by atoms with E-state index in [0.29, 0.717) is 13.2 Å². The maximum absolute atomic E-state index is 12.3. The molecule has 5 nitrogen and oxygen atoms in total. The minimum atomic E-state index is -0.390. The summed E-state index contributed by atoms with van der Waals surface area (Å²) in [5.74, 6) is -0.390. The number of methoxy groups -OCH3 is 1. The van der Waals surface area contributed by atoms with Crippen LogP contribution in [-0.2, 0) is 16.1 Å². The molecule has 5 heteroatoms. The lowest BCUT2D eigenvalue weighted by Crippen LogP contribution is -2.27. The minimum absolute atomic E-state index is 0.0850. The Morgan fingerprint density at radius 2 is 1.89 bits per heavy atom. The number of hydrogen-bond acceptors (Lipinski definition) is 3. The van der Waals surface area contributed by atoms with Gasteiger partial charge in [0.15, 0.2) is 0 Å². The predicted octanol–water partition coefficient (Wildman–Crippen LogP) is 3.67. The number of aromatic nitrogens is 1. The second-order valence-corrected chi connectivity index (χ2v) is 6.51. The lowest BCUT2D eigenvalue weighted by atomic mass is 10.1. The van der Waals surface area contributed by atoms with Crippen molar-refractivity contribution in [3.8, 4) is 6.07 Å². The topological polar surface area (TPSA) is 67.0 Å². The van der Waals surface area contributed by atoms with Crippen molar-refractivity contribution in [1.29, 1.82) is 5.26 Å². The number of benzene rings is 2. The van der Waals surface area contributed by atoms with Gasteiger partial charge in [0, 0.05) is 42.4 Å². The van der Waals surface area contributed by atoms with Crippen molar-refractivity contribution in [2.45, 2.75) is 13.5 Å². The van der Waals surface area contributed by atoms with E-state index >= 15 is 0 Å². The number of rotatable bonds is 7. The molecule has 0 bridgehead atoms. The molecular formula is C23H23N3O2. The van der Waals surface area contributed by atoms with Crippen LogP contribution in [-0.4, -0.2) is 30.7 Å². The van der Waals surface area contributed by atoms with Crippen molar-refractivity contribution in [2.24, 2.45) is 0 Å². The fraction of sp³-hybridized carbons (Fsp3) is 0.217. The maximum Gasteiger partial charge on any atom is 0.262 e. The summed E-state index contributed by atoms with van der Waals surface area (Å²) < 4.78 is 7.16. The van der Waals surface area contributed by atoms with Gasteiger partial charge in [-0.2, -0.15) is 5.26 Å². The fourth-order valence-corrected chi connectivity index (χ4v) is 3.26. The Morgan fingerprint density at radius 1 is 1.18 bits per heavy atom. The first-order valence-corrected chi connectivity index (χ1v) is 9.16. The van der Waals surface area contributed by atoms with E-state index in [4.69, 9.17) is 4.74 Å². The van der Waals surface area contributed by atoms with Gasteiger partial charge in [-0.15, -0.1) is 0 Å². The monoisotopic (exact) mass is 373 g/mol. The molecule has 28 heavy (non-hydrogen) atoms. The van der Waals surface area contributed by atoms with Crippen molar-refractivity contribution in [2.75, 3.05) is 20.3 Å². The first-order valence-electron chi connectivity index (χ1n) is 9.16. The highest BCUT2D eigenvalue weighted by atomic mass is 16.5. The number of amides is 1. The summed E-state index contributed by atoms with van der Waals surface area (Å²) in [6.07, 6.45) is 1.68. The molecule has 3 aromatic rings. The third-order valence-electron chi connectivity index (χ3n) is 4.71. The number of hydrogen-bond donors (Lipinski definition) is 1. The zero-order valence-electron chi connectivity index (χ0n) is 16.1. The van der Waals surface area contributed by atoms with Crippen molar-refractivity contribution < 1.29 is 9.53 Å². The SMILES string of the molecule is COCCNC(=O)/C(C#N)=C/c1c(C)n(Cc2ccccc2)c2ccccc12. The minimum Gasteiger partial charge on any atom is -0.383 e. The molecule has 0 spiro atoms. The summed E-state index contributed by atoms with van der Waals surface area (Å²) in [6, 6.07) is 20.3. The van der Waals surface area contributed by atoms with Gasteiger partial charge in [0.05, 0.1) is 6.61 Å². The highest BCUT2D eigenvalue weighted by Crippen LogP contribution is 2.28. The molecule has 142 valence electrons. The van der Waals surface area contributed by atoms with Crippen LogP contribution < -0.4 is 5.32 Å². The van der Waals surface area contributed by atoms with Crippen molar-refractivity contribution in [3.05, 3.63) is 77.0 Å². The third-order valence-corrected chi connectivity index (χ3v) is 4.71. The Morgan fingerprint density at radius 3 is 2.61 bits per heavy atom. The molecular weight excluding hydrogens is 350 g/mol. The Hall–Kier alpha value is -3.36. The molecule has 1 aromatic heterocycles. The standard InChI is InChI=1S/C23H23N3O2/c1-17-21(14-19(15-24)23(27)25-12-13-28-2)20-10-6-7-11-22(20)26(17)16-18-8-4-3-5-9-18/h3-11,14H,12-13,16H2,1-2H3,(H,25,27)/b19-14+. The number of nitrogens with zero attached hydrogens (tertiary/aromatic N) is 2. The molecule has 0 aliphatic rings. The fourth-order valence-electron chi connectivity index (χ4n) is 3.26. The highest BCUT2D eigenvalue weighted by molar-refractivity contribution is 6.04. The van der Waals surface area contributed by atoms with E-state index in [1.165, 1.54) is 5.56 Å². The molecule has 0 saturated heterocycles. The number of para-hydroxylation sites is 1. The Kier molecular flexibility index (Phi) is 6.25. The van der Waals surface area contributed by atoms with Gasteiger partial charge in [0.2, 0.25) is 0 Å². The zero-order chi connectivity index (χ0) is 19.9. The van der Waals surface area contributed by atoms with E-state index < -0.39 is 0 Å². The number of nitrogens with one attached hydrogen (secondary N) is 1. The lowest BCUT2D eigenvalue weighted by molar-refractivity contribution is -0.117. The van der Waals surface area contributed by atoms with E-state index in [-0.39, 0.29) is 11.5 Å². The lowest BCUT2D eigenvalue weighted by Gasteiger charge is -2.09. The van der Waals surface area contributed by atoms with Crippen molar-refractivity contribution >= 4 is 22.9 Å². The quantitative estimate of drug-likeness (QED) is 0.390. The van der Waals surface area contributed by atoms with Gasteiger partial charge >= 0.3 is 0 Å². The summed E-state index contributed by atoms with van der Waals surface area (Å²) >= 11 is 0. The molecule has 0 fully saturated rings. The third kappa shape index (κ3) is 4.13. The smallest absolute Gasteiger partial charge is 0.262 e. The molecule has 1 heterocycles. The van der Waals surface area contributed by atoms with Crippen LogP contribution in [0.1, 0.15) is 16.8 Å². The number of nitriles is 1. The van der Waals surface area contributed by atoms with Crippen LogP contribution in [0.15, 0.2) is 60.2 Å². The normalized spacial score (nSPS) is 11.4. The highest BCUT2D eigenvalue weighted by Gasteiger charge is 2.15.